The Bertz CT molecular complexity index is 376. The van der Waals surface area contributed by atoms with Crippen LogP contribution in [-0.4, -0.2) is 37.2 Å². The topological polar surface area (TPSA) is 75.6 Å². The van der Waals surface area contributed by atoms with Crippen LogP contribution in [0.2, 0.25) is 0 Å². The molecule has 0 radical (unpaired) electrons. The Balaban J connectivity index is 2.53. The molecule has 1 aliphatic rings. The lowest BCUT2D eigenvalue weighted by atomic mass is 9.82. The number of carboxylic acids is 1. The van der Waals surface area contributed by atoms with E-state index in [0.29, 0.717) is 26.0 Å². The molecule has 0 aliphatic heterocycles. The van der Waals surface area contributed by atoms with Crippen molar-refractivity contribution in [2.45, 2.75) is 33.1 Å². The monoisotopic (exact) mass is 283 g/mol. The third-order valence-corrected chi connectivity index (χ3v) is 3.81. The van der Waals surface area contributed by atoms with Crippen molar-refractivity contribution in [2.75, 3.05) is 20.3 Å². The first-order chi connectivity index (χ1) is 9.37. The molecule has 2 atom stereocenters. The third-order valence-electron chi connectivity index (χ3n) is 3.81. The average Bonchev–Trinajstić information content (AvgIpc) is 2.42. The van der Waals surface area contributed by atoms with Crippen molar-refractivity contribution >= 4 is 11.9 Å². The Morgan fingerprint density at radius 3 is 2.45 bits per heavy atom. The van der Waals surface area contributed by atoms with Crippen LogP contribution >= 0.6 is 0 Å². The van der Waals surface area contributed by atoms with E-state index in [4.69, 9.17) is 4.74 Å². The molecule has 0 spiro atoms. The molecule has 0 unspecified atom stereocenters. The van der Waals surface area contributed by atoms with Crippen molar-refractivity contribution in [3.8, 4) is 0 Å². The number of carboxylic acid groups (broad SMARTS) is 1. The Morgan fingerprint density at radius 1 is 1.30 bits per heavy atom. The van der Waals surface area contributed by atoms with E-state index in [-0.39, 0.29) is 11.3 Å². The number of rotatable bonds is 7. The predicted octanol–water partition coefficient (Wildman–Crippen LogP) is 1.83. The molecule has 1 amide bonds. The molecule has 0 heterocycles. The highest BCUT2D eigenvalue weighted by Gasteiger charge is 2.34. The van der Waals surface area contributed by atoms with Crippen LogP contribution in [0.25, 0.3) is 0 Å². The first kappa shape index (κ1) is 16.7. The van der Waals surface area contributed by atoms with Crippen molar-refractivity contribution in [3.63, 3.8) is 0 Å². The molecule has 0 aromatic rings. The zero-order valence-corrected chi connectivity index (χ0v) is 12.5. The molecule has 0 fully saturated rings. The number of nitrogens with one attached hydrogen (secondary N) is 1. The van der Waals surface area contributed by atoms with Crippen molar-refractivity contribution in [3.05, 3.63) is 12.2 Å². The van der Waals surface area contributed by atoms with Crippen LogP contribution in [-0.2, 0) is 14.3 Å². The van der Waals surface area contributed by atoms with Crippen LogP contribution in [0.3, 0.4) is 0 Å². The molecule has 0 aromatic heterocycles. The summed E-state index contributed by atoms with van der Waals surface area (Å²) >= 11 is 0. The maximum absolute atomic E-state index is 12.2. The Hall–Kier alpha value is -1.36. The van der Waals surface area contributed by atoms with Gasteiger partial charge in [-0.15, -0.1) is 0 Å². The van der Waals surface area contributed by atoms with Gasteiger partial charge in [0.05, 0.1) is 11.8 Å². The lowest BCUT2D eigenvalue weighted by molar-refractivity contribution is -0.147. The Morgan fingerprint density at radius 2 is 1.90 bits per heavy atom. The lowest BCUT2D eigenvalue weighted by Crippen LogP contribution is -2.42. The highest BCUT2D eigenvalue weighted by molar-refractivity contribution is 5.85. The highest BCUT2D eigenvalue weighted by Crippen LogP contribution is 2.26. The zero-order valence-electron chi connectivity index (χ0n) is 12.5. The van der Waals surface area contributed by atoms with Gasteiger partial charge in [-0.25, -0.2) is 0 Å². The quantitative estimate of drug-likeness (QED) is 0.699. The van der Waals surface area contributed by atoms with Gasteiger partial charge < -0.3 is 15.2 Å². The average molecular weight is 283 g/mol. The van der Waals surface area contributed by atoms with Crippen molar-refractivity contribution < 1.29 is 19.4 Å². The lowest BCUT2D eigenvalue weighted by Gasteiger charge is -2.28. The fourth-order valence-corrected chi connectivity index (χ4v) is 2.30. The molecule has 2 N–H and O–H groups in total. The summed E-state index contributed by atoms with van der Waals surface area (Å²) in [5.41, 5.74) is -0.0606. The first-order valence-corrected chi connectivity index (χ1v) is 7.02. The molecule has 1 rings (SSSR count). The largest absolute Gasteiger partial charge is 0.481 e. The van der Waals surface area contributed by atoms with E-state index in [1.165, 1.54) is 0 Å². The van der Waals surface area contributed by atoms with Crippen molar-refractivity contribution in [2.24, 2.45) is 17.3 Å². The number of carbonyl (C=O) groups is 2. The van der Waals surface area contributed by atoms with Gasteiger partial charge in [0.1, 0.15) is 0 Å². The summed E-state index contributed by atoms with van der Waals surface area (Å²) in [5.74, 6) is -2.13. The number of amides is 1. The molecule has 114 valence electrons. The van der Waals surface area contributed by atoms with Crippen LogP contribution in [0, 0.1) is 17.3 Å². The molecule has 0 saturated carbocycles. The van der Waals surface area contributed by atoms with E-state index in [1.54, 1.807) is 7.11 Å². The normalized spacial score (nSPS) is 22.6. The number of allylic oxidation sites excluding steroid dienone is 2. The van der Waals surface area contributed by atoms with Gasteiger partial charge in [0.15, 0.2) is 0 Å². The van der Waals surface area contributed by atoms with Crippen LogP contribution < -0.4 is 5.32 Å². The SMILES string of the molecule is COCCC(C)(C)CNC(=O)[C@@H]1CC=CC[C@@H]1C(=O)O. The molecular formula is C15H25NO4. The van der Waals surface area contributed by atoms with Crippen LogP contribution in [0.15, 0.2) is 12.2 Å². The minimum Gasteiger partial charge on any atom is -0.481 e. The second-order valence-corrected chi connectivity index (χ2v) is 6.12. The van der Waals surface area contributed by atoms with Gasteiger partial charge in [0.25, 0.3) is 0 Å². The smallest absolute Gasteiger partial charge is 0.307 e. The maximum Gasteiger partial charge on any atom is 0.307 e. The number of carbonyl (C=O) groups excluding carboxylic acids is 1. The fraction of sp³-hybridized carbons (Fsp3) is 0.733. The number of ether oxygens (including phenoxy) is 1. The van der Waals surface area contributed by atoms with Crippen LogP contribution in [0.5, 0.6) is 0 Å². The Kier molecular flexibility index (Phi) is 6.20. The number of hydrogen-bond donors (Lipinski definition) is 2. The number of hydrogen-bond acceptors (Lipinski definition) is 3. The van der Waals surface area contributed by atoms with Gasteiger partial charge in [-0.1, -0.05) is 26.0 Å². The molecule has 20 heavy (non-hydrogen) atoms. The van der Waals surface area contributed by atoms with Gasteiger partial charge in [-0.2, -0.15) is 0 Å². The fourth-order valence-electron chi connectivity index (χ4n) is 2.30. The summed E-state index contributed by atoms with van der Waals surface area (Å²) in [7, 11) is 1.65. The van der Waals surface area contributed by atoms with E-state index in [2.05, 4.69) is 19.2 Å². The molecule has 5 nitrogen and oxygen atoms in total. The van der Waals surface area contributed by atoms with Crippen LogP contribution in [0.1, 0.15) is 33.1 Å². The van der Waals surface area contributed by atoms with Gasteiger partial charge in [0, 0.05) is 20.3 Å². The maximum atomic E-state index is 12.2. The van der Waals surface area contributed by atoms with Crippen molar-refractivity contribution in [1.29, 1.82) is 0 Å². The van der Waals surface area contributed by atoms with E-state index in [9.17, 15) is 14.7 Å². The summed E-state index contributed by atoms with van der Waals surface area (Å²) < 4.78 is 5.05. The number of methoxy groups -OCH3 is 1. The Labute approximate surface area is 120 Å². The molecular weight excluding hydrogens is 258 g/mol. The number of aliphatic carboxylic acids is 1. The molecule has 1 aliphatic carbocycles. The highest BCUT2D eigenvalue weighted by atomic mass is 16.5. The minimum atomic E-state index is -0.895. The van der Waals surface area contributed by atoms with Gasteiger partial charge >= 0.3 is 5.97 Å². The van der Waals surface area contributed by atoms with E-state index in [1.807, 2.05) is 12.2 Å². The summed E-state index contributed by atoms with van der Waals surface area (Å²) in [6, 6.07) is 0. The standard InChI is InChI=1S/C15H25NO4/c1-15(2,8-9-20-3)10-16-13(17)11-6-4-5-7-12(11)14(18)19/h4-5,11-12H,6-10H2,1-3H3,(H,16,17)(H,18,19)/t11-,12+/m1/s1. The van der Waals surface area contributed by atoms with Gasteiger partial charge in [-0.05, 0) is 24.7 Å². The van der Waals surface area contributed by atoms with Gasteiger partial charge in [-0.3, -0.25) is 9.59 Å². The molecule has 0 bridgehead atoms. The zero-order chi connectivity index (χ0) is 15.2. The summed E-state index contributed by atoms with van der Waals surface area (Å²) in [5, 5.41) is 12.1. The molecule has 5 heteroatoms. The second kappa shape index (κ2) is 7.43. The second-order valence-electron chi connectivity index (χ2n) is 6.12. The van der Waals surface area contributed by atoms with Crippen molar-refractivity contribution in [1.82, 2.24) is 5.32 Å². The van der Waals surface area contributed by atoms with E-state index < -0.39 is 17.8 Å². The summed E-state index contributed by atoms with van der Waals surface area (Å²) in [6.07, 6.45) is 5.50. The predicted molar refractivity (Wildman–Crippen MR) is 76.3 cm³/mol. The minimum absolute atomic E-state index is 0.0606. The van der Waals surface area contributed by atoms with Gasteiger partial charge in [0.2, 0.25) is 5.91 Å². The summed E-state index contributed by atoms with van der Waals surface area (Å²) in [6.45, 7) is 5.29. The first-order valence-electron chi connectivity index (χ1n) is 7.02. The third kappa shape index (κ3) is 4.96. The summed E-state index contributed by atoms with van der Waals surface area (Å²) in [4.78, 5) is 23.4. The van der Waals surface area contributed by atoms with E-state index in [0.717, 1.165) is 6.42 Å². The molecule has 0 aromatic carbocycles. The molecule has 0 saturated heterocycles. The van der Waals surface area contributed by atoms with Crippen LogP contribution in [0.4, 0.5) is 0 Å². The van der Waals surface area contributed by atoms with E-state index >= 15 is 0 Å².